The van der Waals surface area contributed by atoms with E-state index in [1.54, 1.807) is 6.07 Å². The zero-order valence-corrected chi connectivity index (χ0v) is 8.72. The van der Waals surface area contributed by atoms with Gasteiger partial charge in [-0.25, -0.2) is 0 Å². The van der Waals surface area contributed by atoms with E-state index in [4.69, 9.17) is 0 Å². The maximum absolute atomic E-state index is 10.6. The summed E-state index contributed by atoms with van der Waals surface area (Å²) in [5.41, 5.74) is 2.25. The van der Waals surface area contributed by atoms with Crippen molar-refractivity contribution in [3.63, 3.8) is 0 Å². The Morgan fingerprint density at radius 3 is 2.64 bits per heavy atom. The number of nitro groups is 1. The predicted molar refractivity (Wildman–Crippen MR) is 58.0 cm³/mol. The monoisotopic (exact) mass is 207 g/mol. The fourth-order valence-corrected chi connectivity index (χ4v) is 2.52. The zero-order chi connectivity index (χ0) is 10.3. The first-order valence-corrected chi connectivity index (χ1v) is 5.05. The molecule has 72 valence electrons. The van der Waals surface area contributed by atoms with Crippen molar-refractivity contribution in [1.82, 2.24) is 0 Å². The molecule has 0 saturated carbocycles. The van der Waals surface area contributed by atoms with Gasteiger partial charge in [-0.05, 0) is 19.4 Å². The Morgan fingerprint density at radius 2 is 2.00 bits per heavy atom. The first-order chi connectivity index (χ1) is 6.58. The molecule has 14 heavy (non-hydrogen) atoms. The topological polar surface area (TPSA) is 43.1 Å². The number of nitrogens with zero attached hydrogens (tertiary/aromatic N) is 1. The van der Waals surface area contributed by atoms with Crippen LogP contribution in [0.2, 0.25) is 0 Å². The van der Waals surface area contributed by atoms with Crippen LogP contribution in [0.25, 0.3) is 10.1 Å². The lowest BCUT2D eigenvalue weighted by Gasteiger charge is -1.96. The Hall–Kier alpha value is -1.42. The van der Waals surface area contributed by atoms with Crippen LogP contribution >= 0.6 is 11.3 Å². The highest BCUT2D eigenvalue weighted by molar-refractivity contribution is 7.22. The van der Waals surface area contributed by atoms with Gasteiger partial charge < -0.3 is 0 Å². The molecule has 3 nitrogen and oxygen atoms in total. The molecule has 0 aliphatic heterocycles. The van der Waals surface area contributed by atoms with Gasteiger partial charge in [-0.15, -0.1) is 0 Å². The fourth-order valence-electron chi connectivity index (χ4n) is 1.59. The summed E-state index contributed by atoms with van der Waals surface area (Å²) in [6, 6.07) is 5.66. The van der Waals surface area contributed by atoms with E-state index in [1.165, 1.54) is 11.3 Å². The quantitative estimate of drug-likeness (QED) is 0.531. The Labute approximate surface area is 85.1 Å². The van der Waals surface area contributed by atoms with E-state index in [9.17, 15) is 10.1 Å². The molecule has 1 aromatic carbocycles. The van der Waals surface area contributed by atoms with E-state index in [1.807, 2.05) is 26.0 Å². The molecule has 0 saturated heterocycles. The van der Waals surface area contributed by atoms with Crippen LogP contribution in [0.4, 0.5) is 5.00 Å². The predicted octanol–water partition coefficient (Wildman–Crippen LogP) is 3.43. The molecular formula is C10H9NO2S. The second kappa shape index (κ2) is 3.06. The van der Waals surface area contributed by atoms with Crippen LogP contribution in [0, 0.1) is 24.0 Å². The minimum Gasteiger partial charge on any atom is -0.258 e. The first-order valence-electron chi connectivity index (χ1n) is 4.23. The summed E-state index contributed by atoms with van der Waals surface area (Å²) in [6.45, 7) is 3.98. The Kier molecular flexibility index (Phi) is 2.00. The summed E-state index contributed by atoms with van der Waals surface area (Å²) >= 11 is 1.24. The van der Waals surface area contributed by atoms with Crippen molar-refractivity contribution in [2.45, 2.75) is 13.8 Å². The molecule has 0 atom stereocenters. The van der Waals surface area contributed by atoms with E-state index in [2.05, 4.69) is 0 Å². The maximum atomic E-state index is 10.6. The van der Waals surface area contributed by atoms with Crippen LogP contribution in [0.5, 0.6) is 0 Å². The van der Waals surface area contributed by atoms with E-state index in [0.717, 1.165) is 21.2 Å². The largest absolute Gasteiger partial charge is 0.325 e. The van der Waals surface area contributed by atoms with Crippen LogP contribution in [-0.4, -0.2) is 4.92 Å². The van der Waals surface area contributed by atoms with Crippen LogP contribution in [0.15, 0.2) is 18.2 Å². The molecule has 0 aliphatic rings. The van der Waals surface area contributed by atoms with Gasteiger partial charge in [-0.3, -0.25) is 10.1 Å². The van der Waals surface area contributed by atoms with Gasteiger partial charge in [-0.2, -0.15) is 0 Å². The lowest BCUT2D eigenvalue weighted by Crippen LogP contribution is -1.80. The standard InChI is InChI=1S/C10H9NO2S/c1-6-3-7(2)10-8(4-6)5-9(14-10)11(12)13/h3-5H,1-2H3. The van der Waals surface area contributed by atoms with Crippen molar-refractivity contribution >= 4 is 26.4 Å². The molecule has 1 aromatic heterocycles. The Balaban J connectivity index is 2.76. The average molecular weight is 207 g/mol. The summed E-state index contributed by atoms with van der Waals surface area (Å²) in [6.07, 6.45) is 0. The smallest absolute Gasteiger partial charge is 0.258 e. The zero-order valence-electron chi connectivity index (χ0n) is 7.90. The minimum atomic E-state index is -0.334. The molecule has 0 fully saturated rings. The molecule has 0 bridgehead atoms. The molecule has 0 amide bonds. The molecule has 0 N–H and O–H groups in total. The van der Waals surface area contributed by atoms with Crippen LogP contribution in [-0.2, 0) is 0 Å². The molecule has 0 spiro atoms. The minimum absolute atomic E-state index is 0.216. The van der Waals surface area contributed by atoms with E-state index in [-0.39, 0.29) is 9.92 Å². The molecule has 0 radical (unpaired) electrons. The van der Waals surface area contributed by atoms with Crippen molar-refractivity contribution in [3.05, 3.63) is 39.4 Å². The Morgan fingerprint density at radius 1 is 1.29 bits per heavy atom. The van der Waals surface area contributed by atoms with Gasteiger partial charge in [0.15, 0.2) is 0 Å². The molecule has 0 unspecified atom stereocenters. The number of aryl methyl sites for hydroxylation is 2. The third-order valence-corrected chi connectivity index (χ3v) is 3.35. The third-order valence-electron chi connectivity index (χ3n) is 2.11. The number of benzene rings is 1. The molecule has 0 aliphatic carbocycles. The van der Waals surface area contributed by atoms with Crippen molar-refractivity contribution in [3.8, 4) is 0 Å². The van der Waals surface area contributed by atoms with Crippen molar-refractivity contribution in [1.29, 1.82) is 0 Å². The summed E-state index contributed by atoms with van der Waals surface area (Å²) < 4.78 is 1.02. The normalized spacial score (nSPS) is 10.7. The van der Waals surface area contributed by atoms with Gasteiger partial charge in [0.1, 0.15) is 0 Å². The lowest BCUT2D eigenvalue weighted by atomic mass is 10.1. The van der Waals surface area contributed by atoms with Gasteiger partial charge in [-0.1, -0.05) is 29.0 Å². The molecule has 1 heterocycles. The molecule has 2 rings (SSSR count). The molecule has 4 heteroatoms. The van der Waals surface area contributed by atoms with Gasteiger partial charge >= 0.3 is 5.00 Å². The van der Waals surface area contributed by atoms with Gasteiger partial charge in [0.25, 0.3) is 0 Å². The number of hydrogen-bond acceptors (Lipinski definition) is 3. The summed E-state index contributed by atoms with van der Waals surface area (Å²) in [5.74, 6) is 0. The highest BCUT2D eigenvalue weighted by atomic mass is 32.1. The van der Waals surface area contributed by atoms with Crippen LogP contribution in [0.1, 0.15) is 11.1 Å². The van der Waals surface area contributed by atoms with Crippen molar-refractivity contribution in [2.75, 3.05) is 0 Å². The van der Waals surface area contributed by atoms with Crippen LogP contribution < -0.4 is 0 Å². The molecular weight excluding hydrogens is 198 g/mol. The highest BCUT2D eigenvalue weighted by Crippen LogP contribution is 2.34. The van der Waals surface area contributed by atoms with E-state index in [0.29, 0.717) is 0 Å². The van der Waals surface area contributed by atoms with Crippen molar-refractivity contribution in [2.24, 2.45) is 0 Å². The number of hydrogen-bond donors (Lipinski definition) is 0. The Bertz CT molecular complexity index is 516. The number of thiophene rings is 1. The lowest BCUT2D eigenvalue weighted by molar-refractivity contribution is -0.380. The first kappa shape index (κ1) is 9.15. The van der Waals surface area contributed by atoms with Gasteiger partial charge in [0.05, 0.1) is 4.92 Å². The van der Waals surface area contributed by atoms with E-state index >= 15 is 0 Å². The van der Waals surface area contributed by atoms with E-state index < -0.39 is 0 Å². The molecule has 2 aromatic rings. The highest BCUT2D eigenvalue weighted by Gasteiger charge is 2.12. The maximum Gasteiger partial charge on any atom is 0.325 e. The van der Waals surface area contributed by atoms with Gasteiger partial charge in [0, 0.05) is 16.2 Å². The third kappa shape index (κ3) is 1.37. The SMILES string of the molecule is Cc1cc(C)c2sc([N+](=O)[O-])cc2c1. The summed E-state index contributed by atoms with van der Waals surface area (Å²) in [4.78, 5) is 10.2. The second-order valence-corrected chi connectivity index (χ2v) is 4.37. The van der Waals surface area contributed by atoms with Crippen LogP contribution in [0.3, 0.4) is 0 Å². The number of rotatable bonds is 1. The number of fused-ring (bicyclic) bond motifs is 1. The van der Waals surface area contributed by atoms with Crippen molar-refractivity contribution < 1.29 is 4.92 Å². The summed E-state index contributed by atoms with van der Waals surface area (Å²) in [5, 5.41) is 11.8. The van der Waals surface area contributed by atoms with Gasteiger partial charge in [0.2, 0.25) is 0 Å². The average Bonchev–Trinajstić information content (AvgIpc) is 2.47. The summed E-state index contributed by atoms with van der Waals surface area (Å²) in [7, 11) is 0. The second-order valence-electron chi connectivity index (χ2n) is 3.34. The fraction of sp³-hybridized carbons (Fsp3) is 0.200.